The maximum Gasteiger partial charge on any atom is 0.210 e. The monoisotopic (exact) mass is 278 g/mol. The van der Waals surface area contributed by atoms with Crippen molar-refractivity contribution in [1.29, 1.82) is 0 Å². The SMILES string of the molecule is COc1ccc(OCc2nnc3n2NCCS3)cc1. The van der Waals surface area contributed by atoms with Crippen LogP contribution in [0.5, 0.6) is 11.5 Å². The first kappa shape index (κ1) is 12.2. The van der Waals surface area contributed by atoms with Gasteiger partial charge in [-0.1, -0.05) is 11.8 Å². The van der Waals surface area contributed by atoms with Crippen LogP contribution in [0.15, 0.2) is 29.4 Å². The lowest BCUT2D eigenvalue weighted by Gasteiger charge is -2.16. The molecule has 1 aromatic heterocycles. The van der Waals surface area contributed by atoms with Gasteiger partial charge < -0.3 is 14.9 Å². The molecule has 1 aliphatic rings. The fraction of sp³-hybridized carbons (Fsp3) is 0.333. The number of hydrogen-bond acceptors (Lipinski definition) is 6. The van der Waals surface area contributed by atoms with Crippen molar-refractivity contribution < 1.29 is 9.47 Å². The third kappa shape index (κ3) is 2.60. The van der Waals surface area contributed by atoms with Crippen LogP contribution in [0.25, 0.3) is 0 Å². The average Bonchev–Trinajstić information content (AvgIpc) is 2.89. The van der Waals surface area contributed by atoms with Crippen LogP contribution in [-0.2, 0) is 6.61 Å². The second kappa shape index (κ2) is 5.40. The number of methoxy groups -OCH3 is 1. The fourth-order valence-electron chi connectivity index (χ4n) is 1.77. The topological polar surface area (TPSA) is 61.2 Å². The summed E-state index contributed by atoms with van der Waals surface area (Å²) >= 11 is 1.69. The first-order chi connectivity index (χ1) is 9.36. The molecule has 7 heteroatoms. The van der Waals surface area contributed by atoms with E-state index in [1.165, 1.54) is 0 Å². The molecule has 0 saturated heterocycles. The second-order valence-corrected chi connectivity index (χ2v) is 5.02. The molecular weight excluding hydrogens is 264 g/mol. The molecule has 0 atom stereocenters. The molecule has 0 spiro atoms. The molecule has 1 N–H and O–H groups in total. The quantitative estimate of drug-likeness (QED) is 0.915. The van der Waals surface area contributed by atoms with Crippen LogP contribution < -0.4 is 14.9 Å². The highest BCUT2D eigenvalue weighted by atomic mass is 32.2. The predicted octanol–water partition coefficient (Wildman–Crippen LogP) is 1.51. The first-order valence-corrected chi connectivity index (χ1v) is 6.93. The Morgan fingerprint density at radius 2 is 2.05 bits per heavy atom. The number of fused-ring (bicyclic) bond motifs is 1. The van der Waals surface area contributed by atoms with Gasteiger partial charge in [0.25, 0.3) is 0 Å². The van der Waals surface area contributed by atoms with Crippen LogP contribution in [-0.4, -0.2) is 34.3 Å². The molecule has 0 fully saturated rings. The molecular formula is C12H14N4O2S. The Labute approximate surface area is 115 Å². The van der Waals surface area contributed by atoms with Gasteiger partial charge in [0, 0.05) is 12.3 Å². The normalized spacial score (nSPS) is 13.5. The fourth-order valence-corrected chi connectivity index (χ4v) is 2.54. The van der Waals surface area contributed by atoms with Crippen molar-refractivity contribution in [3.05, 3.63) is 30.1 Å². The summed E-state index contributed by atoms with van der Waals surface area (Å²) in [4.78, 5) is 0. The Bertz CT molecular complexity index is 555. The summed E-state index contributed by atoms with van der Waals surface area (Å²) in [5.41, 5.74) is 3.24. The smallest absolute Gasteiger partial charge is 0.210 e. The van der Waals surface area contributed by atoms with Gasteiger partial charge in [-0.2, -0.15) is 0 Å². The van der Waals surface area contributed by atoms with Gasteiger partial charge in [0.2, 0.25) is 5.16 Å². The summed E-state index contributed by atoms with van der Waals surface area (Å²) in [6.45, 7) is 1.29. The molecule has 3 rings (SSSR count). The van der Waals surface area contributed by atoms with E-state index < -0.39 is 0 Å². The Kier molecular flexibility index (Phi) is 3.45. The third-order valence-corrected chi connectivity index (χ3v) is 3.66. The summed E-state index contributed by atoms with van der Waals surface area (Å²) < 4.78 is 12.7. The van der Waals surface area contributed by atoms with Gasteiger partial charge in [-0.05, 0) is 24.3 Å². The molecule has 2 heterocycles. The first-order valence-electron chi connectivity index (χ1n) is 5.94. The highest BCUT2D eigenvalue weighted by Crippen LogP contribution is 2.21. The van der Waals surface area contributed by atoms with E-state index in [0.29, 0.717) is 6.61 Å². The van der Waals surface area contributed by atoms with Crippen LogP contribution in [0.4, 0.5) is 0 Å². The molecule has 0 amide bonds. The Hall–Kier alpha value is -1.89. The number of nitrogens with zero attached hydrogens (tertiary/aromatic N) is 3. The summed E-state index contributed by atoms with van der Waals surface area (Å²) in [6, 6.07) is 7.47. The van der Waals surface area contributed by atoms with E-state index in [1.807, 2.05) is 28.9 Å². The Morgan fingerprint density at radius 3 is 2.84 bits per heavy atom. The van der Waals surface area contributed by atoms with Gasteiger partial charge >= 0.3 is 0 Å². The van der Waals surface area contributed by atoms with Crippen molar-refractivity contribution in [1.82, 2.24) is 14.9 Å². The number of benzene rings is 1. The summed E-state index contributed by atoms with van der Waals surface area (Å²) in [6.07, 6.45) is 0. The molecule has 0 radical (unpaired) electrons. The van der Waals surface area contributed by atoms with E-state index in [9.17, 15) is 0 Å². The molecule has 0 aliphatic carbocycles. The van der Waals surface area contributed by atoms with E-state index in [2.05, 4.69) is 15.6 Å². The summed E-state index contributed by atoms with van der Waals surface area (Å²) in [5.74, 6) is 3.38. The molecule has 1 aliphatic heterocycles. The third-order valence-electron chi connectivity index (χ3n) is 2.73. The average molecular weight is 278 g/mol. The zero-order valence-corrected chi connectivity index (χ0v) is 11.3. The molecule has 0 saturated carbocycles. The highest BCUT2D eigenvalue weighted by molar-refractivity contribution is 7.99. The lowest BCUT2D eigenvalue weighted by atomic mass is 10.3. The predicted molar refractivity (Wildman–Crippen MR) is 72.3 cm³/mol. The van der Waals surface area contributed by atoms with E-state index in [1.54, 1.807) is 18.9 Å². The molecule has 19 heavy (non-hydrogen) atoms. The van der Waals surface area contributed by atoms with Crippen molar-refractivity contribution in [2.24, 2.45) is 0 Å². The van der Waals surface area contributed by atoms with Crippen molar-refractivity contribution in [2.75, 3.05) is 24.8 Å². The number of ether oxygens (including phenoxy) is 2. The van der Waals surface area contributed by atoms with Gasteiger partial charge in [-0.15, -0.1) is 10.2 Å². The number of hydrogen-bond donors (Lipinski definition) is 1. The van der Waals surface area contributed by atoms with Crippen LogP contribution in [0, 0.1) is 0 Å². The Morgan fingerprint density at radius 1 is 1.26 bits per heavy atom. The van der Waals surface area contributed by atoms with Crippen molar-refractivity contribution in [3.8, 4) is 11.5 Å². The molecule has 100 valence electrons. The summed E-state index contributed by atoms with van der Waals surface area (Å²) in [5, 5.41) is 9.12. The van der Waals surface area contributed by atoms with E-state index in [4.69, 9.17) is 9.47 Å². The summed E-state index contributed by atoms with van der Waals surface area (Å²) in [7, 11) is 1.64. The van der Waals surface area contributed by atoms with Crippen molar-refractivity contribution >= 4 is 11.8 Å². The second-order valence-electron chi connectivity index (χ2n) is 3.95. The molecule has 2 aromatic rings. The maximum atomic E-state index is 5.69. The Balaban J connectivity index is 1.66. The number of rotatable bonds is 4. The molecule has 0 bridgehead atoms. The maximum absolute atomic E-state index is 5.69. The van der Waals surface area contributed by atoms with Gasteiger partial charge in [-0.3, -0.25) is 0 Å². The van der Waals surface area contributed by atoms with Crippen LogP contribution in [0.1, 0.15) is 5.82 Å². The molecule has 0 unspecified atom stereocenters. The van der Waals surface area contributed by atoms with Crippen molar-refractivity contribution in [2.45, 2.75) is 11.8 Å². The lowest BCUT2D eigenvalue weighted by molar-refractivity contribution is 0.290. The minimum Gasteiger partial charge on any atom is -0.497 e. The van der Waals surface area contributed by atoms with Gasteiger partial charge in [-0.25, -0.2) is 4.68 Å². The van der Waals surface area contributed by atoms with Crippen LogP contribution >= 0.6 is 11.8 Å². The zero-order chi connectivity index (χ0) is 13.1. The van der Waals surface area contributed by atoms with E-state index >= 15 is 0 Å². The van der Waals surface area contributed by atoms with Gasteiger partial charge in [0.1, 0.15) is 18.1 Å². The van der Waals surface area contributed by atoms with Gasteiger partial charge in [0.05, 0.1) is 7.11 Å². The highest BCUT2D eigenvalue weighted by Gasteiger charge is 2.16. The largest absolute Gasteiger partial charge is 0.497 e. The molecule has 1 aromatic carbocycles. The molecule has 6 nitrogen and oxygen atoms in total. The minimum atomic E-state index is 0.382. The minimum absolute atomic E-state index is 0.382. The number of thioether (sulfide) groups is 1. The lowest BCUT2D eigenvalue weighted by Crippen LogP contribution is -2.25. The van der Waals surface area contributed by atoms with E-state index in [0.717, 1.165) is 34.8 Å². The van der Waals surface area contributed by atoms with Gasteiger partial charge in [0.15, 0.2) is 5.82 Å². The van der Waals surface area contributed by atoms with Crippen molar-refractivity contribution in [3.63, 3.8) is 0 Å². The van der Waals surface area contributed by atoms with Crippen LogP contribution in [0.2, 0.25) is 0 Å². The standard InChI is InChI=1S/C12H14N4O2S/c1-17-9-2-4-10(5-3-9)18-8-11-14-15-12-16(11)13-6-7-19-12/h2-5,13H,6-8H2,1H3. The number of aromatic nitrogens is 3. The van der Waals surface area contributed by atoms with E-state index in [-0.39, 0.29) is 0 Å². The van der Waals surface area contributed by atoms with Crippen LogP contribution in [0.3, 0.4) is 0 Å². The number of nitrogens with one attached hydrogen (secondary N) is 1. The zero-order valence-electron chi connectivity index (χ0n) is 10.5.